The van der Waals surface area contributed by atoms with E-state index in [1.54, 1.807) is 14.7 Å². The van der Waals surface area contributed by atoms with Gasteiger partial charge in [0, 0.05) is 133 Å². The predicted octanol–water partition coefficient (Wildman–Crippen LogP) is 6.65. The number of β-amino-alcohol motifs (C(OH)–C–C–N with tert-alkyl or cyclic N) is 1. The third kappa shape index (κ3) is 62.4. The first kappa shape index (κ1) is 104. The van der Waals surface area contributed by atoms with Gasteiger partial charge in [-0.25, -0.2) is 38.4 Å². The summed E-state index contributed by atoms with van der Waals surface area (Å²) in [6, 6.07) is 2.18. The van der Waals surface area contributed by atoms with Crippen LogP contribution in [0.5, 0.6) is 0 Å². The maximum atomic E-state index is 11.6. The SMILES string of the molecule is C.C1CCOC1.CCN(CC)CC.C[Si](C)(C)O[Si](C)(C)CCCOCCO.C[Si](C)(C)O[Si](C)(C)CCCOCCOC(=O)/C=C/C(=O)OCCC1CCNC1=O.O=C(O)/C=C\C(=O)OCCN1CCCC1=O.O=C(O)/C=C\C(=O)OCCN1CCCC1=O.O=C1C=CC(=O)O1.O=C1CCCN1CCO. The number of carbonyl (C=O) groups is 12. The summed E-state index contributed by atoms with van der Waals surface area (Å²) < 4.78 is 51.5. The number of aliphatic carboxylic acids is 2. The summed E-state index contributed by atoms with van der Waals surface area (Å²) in [4.78, 5) is 137. The number of carboxylic acids is 2. The van der Waals surface area contributed by atoms with E-state index in [0.29, 0.717) is 96.9 Å². The van der Waals surface area contributed by atoms with Crippen molar-refractivity contribution in [3.05, 3.63) is 48.6 Å². The Labute approximate surface area is 632 Å². The number of rotatable bonds is 37. The summed E-state index contributed by atoms with van der Waals surface area (Å²) in [7, 11) is -6.02. The number of aliphatic hydroxyl groups excluding tert-OH is 2. The van der Waals surface area contributed by atoms with Crippen molar-refractivity contribution in [1.29, 1.82) is 0 Å². The first-order chi connectivity index (χ1) is 49.4. The van der Waals surface area contributed by atoms with Crippen molar-refractivity contribution < 1.29 is 124 Å². The largest absolute Gasteiger partial charge is 0.478 e. The number of aliphatic hydroxyl groups is 2. The van der Waals surface area contributed by atoms with Gasteiger partial charge in [0.1, 0.15) is 19.8 Å². The Kier molecular flexibility index (Phi) is 59.8. The smallest absolute Gasteiger partial charge is 0.338 e. The number of esters is 6. The summed E-state index contributed by atoms with van der Waals surface area (Å²) in [6.45, 7) is 41.4. The number of nitrogens with one attached hydrogen (secondary N) is 1. The molecule has 610 valence electrons. The van der Waals surface area contributed by atoms with Crippen LogP contribution in [0, 0.1) is 5.92 Å². The van der Waals surface area contributed by atoms with Crippen LogP contribution in [-0.4, -0.2) is 289 Å². The standard InChI is InChI=1S/C20H37NO7Si2.2C10H13NO5.C10H26O3Si2.C6H11NO2.C6H15N.C4H2O3.C4H8O.CH4/c1-29(2,3)28-30(4,5)16-6-12-25-14-15-27-19(23)8-7-18(22)26-13-10-17-9-11-21-20(17)24;2*12-8-2-1-5-11(8)6-7-16-10(15)4-3-9(13)14;1-14(2,3)13-15(4,5)10-6-8-12-9-7-11;8-5-4-7-3-1-2-6(7)9;1-4-7(5-2)6-3;5-3-1-2-4(6)7-3;1-2-4-5-3-1;/h7-8,17H,6,9-16H2,1-5H3,(H,21,24);2*3-4H,1-2,5-7H2,(H,13,14);11H,6-10H2,1-5H3;8H,1-5H2;4-6H2,1-3H3;1-2H;1-4H2;1H4/b8-7+;2*4-3-;;;;;;. The predicted molar refractivity (Wildman–Crippen MR) is 409 cm³/mol. The molecule has 6 aliphatic heterocycles. The molecule has 5 saturated heterocycles. The molecule has 0 aromatic carbocycles. The molecule has 31 nitrogen and oxygen atoms in total. The Morgan fingerprint density at radius 1 is 0.509 bits per heavy atom. The van der Waals surface area contributed by atoms with E-state index < -0.39 is 81.0 Å². The normalized spacial score (nSPS) is 16.1. The van der Waals surface area contributed by atoms with E-state index in [1.807, 2.05) is 0 Å². The molecular formula is C71H129N5O26Si4. The number of cyclic esters (lactones) is 2. The second kappa shape index (κ2) is 61.3. The van der Waals surface area contributed by atoms with E-state index in [2.05, 4.69) is 101 Å². The van der Waals surface area contributed by atoms with Crippen LogP contribution in [0.3, 0.4) is 0 Å². The van der Waals surface area contributed by atoms with Gasteiger partial charge in [-0.15, -0.1) is 0 Å². The molecule has 1 atom stereocenters. The molecule has 5 fully saturated rings. The van der Waals surface area contributed by atoms with Gasteiger partial charge in [0.15, 0.2) is 33.3 Å². The molecule has 106 heavy (non-hydrogen) atoms. The van der Waals surface area contributed by atoms with Crippen molar-refractivity contribution >= 4 is 105 Å². The average Bonchev–Trinajstić information content (AvgIpc) is 1.15. The Balaban J connectivity index is -0.00000121. The molecule has 0 aromatic rings. The Hall–Kier alpha value is -6.65. The second-order valence-corrected chi connectivity index (χ2v) is 45.3. The maximum Gasteiger partial charge on any atom is 0.338 e. The van der Waals surface area contributed by atoms with Crippen molar-refractivity contribution in [1.82, 2.24) is 24.9 Å². The maximum absolute atomic E-state index is 11.6. The van der Waals surface area contributed by atoms with E-state index in [1.165, 1.54) is 32.5 Å². The second-order valence-electron chi connectivity index (χ2n) is 27.2. The van der Waals surface area contributed by atoms with E-state index in [-0.39, 0.29) is 76.6 Å². The van der Waals surface area contributed by atoms with Crippen LogP contribution in [0.25, 0.3) is 0 Å². The highest BCUT2D eigenvalue weighted by Crippen LogP contribution is 2.21. The topological polar surface area (TPSA) is 403 Å². The molecule has 1 unspecified atom stereocenters. The summed E-state index contributed by atoms with van der Waals surface area (Å²) in [5.41, 5.74) is 0. The number of hydrogen-bond acceptors (Lipinski definition) is 25. The Morgan fingerprint density at radius 3 is 1.18 bits per heavy atom. The van der Waals surface area contributed by atoms with E-state index in [0.717, 1.165) is 113 Å². The highest BCUT2D eigenvalue weighted by molar-refractivity contribution is 6.84. The van der Waals surface area contributed by atoms with Crippen molar-refractivity contribution in [2.75, 3.05) is 145 Å². The van der Waals surface area contributed by atoms with Crippen LogP contribution in [0.4, 0.5) is 0 Å². The molecule has 6 heterocycles. The fraction of sp³-hybridized carbons (Fsp3) is 0.718. The van der Waals surface area contributed by atoms with Gasteiger partial charge in [0.25, 0.3) is 0 Å². The molecule has 0 spiro atoms. The van der Waals surface area contributed by atoms with Gasteiger partial charge in [0.05, 0.1) is 46.1 Å². The zero-order valence-corrected chi connectivity index (χ0v) is 68.7. The highest BCUT2D eigenvalue weighted by atomic mass is 28.4. The zero-order chi connectivity index (χ0) is 79.7. The van der Waals surface area contributed by atoms with Gasteiger partial charge < -0.3 is 91.5 Å². The lowest BCUT2D eigenvalue weighted by Crippen LogP contribution is -2.42. The number of amides is 4. The van der Waals surface area contributed by atoms with Crippen molar-refractivity contribution in [3.8, 4) is 0 Å². The number of carboxylic acid groups (broad SMARTS) is 2. The minimum absolute atomic E-state index is 0. The van der Waals surface area contributed by atoms with Gasteiger partial charge in [-0.05, 0) is 155 Å². The van der Waals surface area contributed by atoms with Gasteiger partial charge in [-0.1, -0.05) is 28.2 Å². The number of likely N-dealkylation sites (tertiary alicyclic amines) is 3. The molecule has 6 rings (SSSR count). The van der Waals surface area contributed by atoms with Crippen LogP contribution in [0.2, 0.25) is 77.6 Å². The van der Waals surface area contributed by atoms with Gasteiger partial charge in [0.2, 0.25) is 23.6 Å². The monoisotopic (exact) mass is 1580 g/mol. The van der Waals surface area contributed by atoms with Crippen molar-refractivity contribution in [2.45, 2.75) is 183 Å². The lowest BCUT2D eigenvalue weighted by atomic mass is 10.1. The first-order valence-electron chi connectivity index (χ1n) is 36.2. The number of ether oxygens (including phenoxy) is 8. The quantitative estimate of drug-likeness (QED) is 0.0108. The molecule has 0 saturated carbocycles. The van der Waals surface area contributed by atoms with Crippen LogP contribution in [-0.2, 0) is 104 Å². The minimum Gasteiger partial charge on any atom is -0.478 e. The summed E-state index contributed by atoms with van der Waals surface area (Å²) in [5.74, 6) is -6.03. The number of hydrogen-bond donors (Lipinski definition) is 5. The van der Waals surface area contributed by atoms with Gasteiger partial charge >= 0.3 is 47.8 Å². The van der Waals surface area contributed by atoms with Crippen LogP contribution in [0.15, 0.2) is 48.6 Å². The molecule has 0 aromatic heterocycles. The summed E-state index contributed by atoms with van der Waals surface area (Å²) in [5, 5.41) is 36.2. The van der Waals surface area contributed by atoms with Crippen molar-refractivity contribution in [2.24, 2.45) is 5.92 Å². The van der Waals surface area contributed by atoms with Gasteiger partial charge in [-0.3, -0.25) is 19.2 Å². The van der Waals surface area contributed by atoms with Crippen LogP contribution in [0.1, 0.15) is 105 Å². The lowest BCUT2D eigenvalue weighted by Gasteiger charge is -2.31. The third-order valence-electron chi connectivity index (χ3n) is 14.8. The summed E-state index contributed by atoms with van der Waals surface area (Å²) >= 11 is 0. The van der Waals surface area contributed by atoms with Crippen molar-refractivity contribution in [3.63, 3.8) is 0 Å². The van der Waals surface area contributed by atoms with E-state index in [9.17, 15) is 57.5 Å². The highest BCUT2D eigenvalue weighted by Gasteiger charge is 2.31. The number of nitrogens with zero attached hydrogens (tertiary/aromatic N) is 4. The fourth-order valence-corrected chi connectivity index (χ4v) is 26.3. The van der Waals surface area contributed by atoms with E-state index in [4.69, 9.17) is 61.8 Å². The molecule has 35 heteroatoms. The van der Waals surface area contributed by atoms with E-state index >= 15 is 0 Å². The average molecular weight is 1580 g/mol. The Morgan fingerprint density at radius 2 is 0.887 bits per heavy atom. The molecule has 0 bridgehead atoms. The van der Waals surface area contributed by atoms with Crippen LogP contribution >= 0.6 is 0 Å². The third-order valence-corrected chi connectivity index (χ3v) is 27.2. The molecule has 6 aliphatic rings. The zero-order valence-electron chi connectivity index (χ0n) is 64.7. The molecule has 0 aliphatic carbocycles. The molecule has 0 radical (unpaired) electrons. The summed E-state index contributed by atoms with van der Waals surface area (Å²) in [6.07, 6.45) is 17.5. The first-order valence-corrected chi connectivity index (χ1v) is 49.3. The number of carbonyl (C=O) groups excluding carboxylic acids is 10. The lowest BCUT2D eigenvalue weighted by molar-refractivity contribution is -0.150. The van der Waals surface area contributed by atoms with Crippen LogP contribution < -0.4 is 5.32 Å². The minimum atomic E-state index is -1.64. The molecule has 5 N–H and O–H groups in total. The Bertz CT molecular complexity index is 2600. The fourth-order valence-electron chi connectivity index (χ4n) is 10.2. The van der Waals surface area contributed by atoms with Gasteiger partial charge in [-0.2, -0.15) is 0 Å². The molecular weight excluding hydrogens is 1450 g/mol. The molecule has 4 amide bonds.